The van der Waals surface area contributed by atoms with E-state index >= 15 is 0 Å². The maximum absolute atomic E-state index is 12.5. The molecule has 4 heteroatoms. The van der Waals surface area contributed by atoms with Crippen LogP contribution in [0.4, 0.5) is 5.69 Å². The minimum atomic E-state index is 0.211. The normalized spacial score (nSPS) is 14.8. The molecular weight excluding hydrogens is 320 g/mol. The van der Waals surface area contributed by atoms with Crippen molar-refractivity contribution in [3.05, 3.63) is 64.2 Å². The summed E-state index contributed by atoms with van der Waals surface area (Å²) in [5.74, 6) is 0.211. The van der Waals surface area contributed by atoms with Crippen molar-refractivity contribution in [2.75, 3.05) is 31.1 Å². The minimum Gasteiger partial charge on any atom is -0.368 e. The number of hydrogen-bond donors (Lipinski definition) is 0. The third-order valence-corrected chi connectivity index (χ3v) is 5.06. The molecule has 3 rings (SSSR count). The first-order valence-electron chi connectivity index (χ1n) is 8.38. The predicted molar refractivity (Wildman–Crippen MR) is 99.9 cm³/mol. The number of rotatable bonds is 3. The van der Waals surface area contributed by atoms with Crippen LogP contribution in [0.15, 0.2) is 42.5 Å². The molecule has 3 nitrogen and oxygen atoms in total. The summed E-state index contributed by atoms with van der Waals surface area (Å²) in [7, 11) is 0. The molecule has 0 bridgehead atoms. The number of hydrogen-bond acceptors (Lipinski definition) is 2. The average Bonchev–Trinajstić information content (AvgIpc) is 2.57. The highest BCUT2D eigenvalue weighted by Crippen LogP contribution is 2.27. The molecule has 126 valence electrons. The van der Waals surface area contributed by atoms with E-state index in [1.807, 2.05) is 36.1 Å². The topological polar surface area (TPSA) is 23.6 Å². The van der Waals surface area contributed by atoms with Gasteiger partial charge in [-0.1, -0.05) is 47.5 Å². The molecule has 0 atom stereocenters. The number of halogens is 1. The van der Waals surface area contributed by atoms with E-state index in [0.717, 1.165) is 42.3 Å². The molecule has 1 aliphatic heterocycles. The summed E-state index contributed by atoms with van der Waals surface area (Å²) in [6.07, 6.45) is 0.484. The van der Waals surface area contributed by atoms with E-state index in [1.165, 1.54) is 11.3 Å². The number of nitrogens with zero attached hydrogens (tertiary/aromatic N) is 2. The summed E-state index contributed by atoms with van der Waals surface area (Å²) < 4.78 is 0. The first-order valence-corrected chi connectivity index (χ1v) is 8.76. The fourth-order valence-corrected chi connectivity index (χ4v) is 3.41. The Hall–Kier alpha value is -2.00. The van der Waals surface area contributed by atoms with Crippen LogP contribution in [0.5, 0.6) is 0 Å². The third kappa shape index (κ3) is 3.73. The largest absolute Gasteiger partial charge is 0.368 e. The van der Waals surface area contributed by atoms with Gasteiger partial charge >= 0.3 is 0 Å². The van der Waals surface area contributed by atoms with Gasteiger partial charge in [0, 0.05) is 36.9 Å². The lowest BCUT2D eigenvalue weighted by Crippen LogP contribution is -2.49. The van der Waals surface area contributed by atoms with Gasteiger partial charge in [0.1, 0.15) is 0 Å². The predicted octanol–water partition coefficient (Wildman–Crippen LogP) is 3.85. The molecular formula is C20H23ClN2O. The summed E-state index contributed by atoms with van der Waals surface area (Å²) >= 11 is 6.22. The molecule has 1 fully saturated rings. The van der Waals surface area contributed by atoms with Crippen molar-refractivity contribution in [3.63, 3.8) is 0 Å². The van der Waals surface area contributed by atoms with Crippen LogP contribution in [-0.4, -0.2) is 37.0 Å². The van der Waals surface area contributed by atoms with Crippen LogP contribution >= 0.6 is 11.6 Å². The third-order valence-electron chi connectivity index (χ3n) is 4.65. The zero-order valence-corrected chi connectivity index (χ0v) is 15.0. The Balaban J connectivity index is 1.60. The number of anilines is 1. The van der Waals surface area contributed by atoms with E-state index in [-0.39, 0.29) is 5.91 Å². The van der Waals surface area contributed by atoms with Crippen LogP contribution in [0.3, 0.4) is 0 Å². The molecule has 0 unspecified atom stereocenters. The molecule has 0 saturated carbocycles. The number of carbonyl (C=O) groups excluding carboxylic acids is 1. The van der Waals surface area contributed by atoms with Crippen LogP contribution < -0.4 is 4.90 Å². The molecule has 1 aliphatic rings. The molecule has 0 spiro atoms. The average molecular weight is 343 g/mol. The standard InChI is InChI=1S/C20H23ClN2O/c1-15-5-3-6-17(13-15)14-20(24)23-11-9-22(10-12-23)19-8-4-7-18(21)16(19)2/h3-8,13H,9-12,14H2,1-2H3. The Bertz CT molecular complexity index is 736. The van der Waals surface area contributed by atoms with Gasteiger partial charge in [-0.05, 0) is 37.1 Å². The van der Waals surface area contributed by atoms with Crippen LogP contribution in [0.25, 0.3) is 0 Å². The van der Waals surface area contributed by atoms with E-state index in [9.17, 15) is 4.79 Å². The van der Waals surface area contributed by atoms with Gasteiger partial charge in [-0.2, -0.15) is 0 Å². The van der Waals surface area contributed by atoms with E-state index in [0.29, 0.717) is 6.42 Å². The van der Waals surface area contributed by atoms with Crippen molar-refractivity contribution < 1.29 is 4.79 Å². The summed E-state index contributed by atoms with van der Waals surface area (Å²) in [6, 6.07) is 14.2. The summed E-state index contributed by atoms with van der Waals surface area (Å²) in [6.45, 7) is 7.32. The fraction of sp³-hybridized carbons (Fsp3) is 0.350. The first-order chi connectivity index (χ1) is 11.5. The summed E-state index contributed by atoms with van der Waals surface area (Å²) in [4.78, 5) is 16.8. The Labute approximate surface area is 148 Å². The highest BCUT2D eigenvalue weighted by molar-refractivity contribution is 6.31. The number of piperazine rings is 1. The molecule has 1 amide bonds. The smallest absolute Gasteiger partial charge is 0.227 e. The van der Waals surface area contributed by atoms with Crippen molar-refractivity contribution in [2.24, 2.45) is 0 Å². The molecule has 0 aromatic heterocycles. The summed E-state index contributed by atoms with van der Waals surface area (Å²) in [5.41, 5.74) is 4.57. The second kappa shape index (κ2) is 7.27. The van der Waals surface area contributed by atoms with Crippen LogP contribution in [0.1, 0.15) is 16.7 Å². The molecule has 1 heterocycles. The Morgan fingerprint density at radius 2 is 1.75 bits per heavy atom. The van der Waals surface area contributed by atoms with E-state index in [1.54, 1.807) is 0 Å². The van der Waals surface area contributed by atoms with E-state index in [4.69, 9.17) is 11.6 Å². The van der Waals surface area contributed by atoms with Crippen LogP contribution in [-0.2, 0) is 11.2 Å². The molecule has 2 aromatic rings. The summed E-state index contributed by atoms with van der Waals surface area (Å²) in [5, 5.41) is 0.797. The van der Waals surface area contributed by atoms with E-state index < -0.39 is 0 Å². The molecule has 24 heavy (non-hydrogen) atoms. The lowest BCUT2D eigenvalue weighted by atomic mass is 10.1. The maximum atomic E-state index is 12.5. The zero-order chi connectivity index (χ0) is 17.1. The quantitative estimate of drug-likeness (QED) is 0.846. The van der Waals surface area contributed by atoms with E-state index in [2.05, 4.69) is 30.0 Å². The Morgan fingerprint density at radius 1 is 1.04 bits per heavy atom. The van der Waals surface area contributed by atoms with Gasteiger partial charge in [0.2, 0.25) is 5.91 Å². The highest BCUT2D eigenvalue weighted by Gasteiger charge is 2.22. The fourth-order valence-electron chi connectivity index (χ4n) is 3.24. The SMILES string of the molecule is Cc1cccc(CC(=O)N2CCN(c3cccc(Cl)c3C)CC2)c1. The molecule has 0 aliphatic carbocycles. The zero-order valence-electron chi connectivity index (χ0n) is 14.3. The van der Waals surface area contributed by atoms with Crippen molar-refractivity contribution in [1.82, 2.24) is 4.90 Å². The Kier molecular flexibility index (Phi) is 5.10. The number of amides is 1. The van der Waals surface area contributed by atoms with Gasteiger partial charge < -0.3 is 9.80 Å². The van der Waals surface area contributed by atoms with Crippen molar-refractivity contribution in [2.45, 2.75) is 20.3 Å². The first kappa shape index (κ1) is 16.8. The molecule has 2 aromatic carbocycles. The number of aryl methyl sites for hydroxylation is 1. The lowest BCUT2D eigenvalue weighted by Gasteiger charge is -2.37. The Morgan fingerprint density at radius 3 is 2.46 bits per heavy atom. The number of carbonyl (C=O) groups is 1. The minimum absolute atomic E-state index is 0.211. The van der Waals surface area contributed by atoms with Gasteiger partial charge in [-0.15, -0.1) is 0 Å². The van der Waals surface area contributed by atoms with Gasteiger partial charge in [-0.25, -0.2) is 0 Å². The van der Waals surface area contributed by atoms with Crippen LogP contribution in [0, 0.1) is 13.8 Å². The maximum Gasteiger partial charge on any atom is 0.227 e. The molecule has 0 N–H and O–H groups in total. The van der Waals surface area contributed by atoms with Crippen molar-refractivity contribution >= 4 is 23.2 Å². The van der Waals surface area contributed by atoms with Gasteiger partial charge in [0.15, 0.2) is 0 Å². The van der Waals surface area contributed by atoms with Gasteiger partial charge in [0.05, 0.1) is 6.42 Å². The number of benzene rings is 2. The van der Waals surface area contributed by atoms with Gasteiger partial charge in [0.25, 0.3) is 0 Å². The second-order valence-corrected chi connectivity index (χ2v) is 6.82. The lowest BCUT2D eigenvalue weighted by molar-refractivity contribution is -0.130. The van der Waals surface area contributed by atoms with Crippen molar-refractivity contribution in [1.29, 1.82) is 0 Å². The highest BCUT2D eigenvalue weighted by atomic mass is 35.5. The van der Waals surface area contributed by atoms with Gasteiger partial charge in [-0.3, -0.25) is 4.79 Å². The van der Waals surface area contributed by atoms with Crippen molar-refractivity contribution in [3.8, 4) is 0 Å². The molecule has 0 radical (unpaired) electrons. The van der Waals surface area contributed by atoms with Crippen LogP contribution in [0.2, 0.25) is 5.02 Å². The molecule has 1 saturated heterocycles. The monoisotopic (exact) mass is 342 g/mol. The second-order valence-electron chi connectivity index (χ2n) is 6.42.